The van der Waals surface area contributed by atoms with E-state index >= 15 is 0 Å². The zero-order valence-corrected chi connectivity index (χ0v) is 20.1. The number of nitrogens with zero attached hydrogens (tertiary/aromatic N) is 2. The molecular weight excluding hydrogens is 466 g/mol. The van der Waals surface area contributed by atoms with E-state index < -0.39 is 26.1 Å². The van der Waals surface area contributed by atoms with E-state index in [-0.39, 0.29) is 30.3 Å². The van der Waals surface area contributed by atoms with E-state index in [4.69, 9.17) is 11.6 Å². The van der Waals surface area contributed by atoms with Crippen molar-refractivity contribution in [3.05, 3.63) is 68.1 Å². The molecule has 1 aliphatic heterocycles. The maximum atomic E-state index is 13.1. The number of rotatable bonds is 7. The Morgan fingerprint density at radius 1 is 1.15 bits per heavy atom. The third-order valence-electron chi connectivity index (χ3n) is 6.61. The number of pyridine rings is 1. The third kappa shape index (κ3) is 4.56. The second kappa shape index (κ2) is 8.61. The summed E-state index contributed by atoms with van der Waals surface area (Å²) < 4.78 is 24.7. The molecule has 0 spiro atoms. The minimum Gasteiger partial charge on any atom is -0.348 e. The third-order valence-corrected chi connectivity index (χ3v) is 9.04. The fourth-order valence-corrected chi connectivity index (χ4v) is 5.75. The monoisotopic (exact) mass is 491 g/mol. The molecule has 0 radical (unpaired) electrons. The number of fused-ring (bicyclic) bond motifs is 1. The molecule has 2 aromatic rings. The van der Waals surface area contributed by atoms with Crippen molar-refractivity contribution in [2.24, 2.45) is 0 Å². The second-order valence-corrected chi connectivity index (χ2v) is 11.7. The van der Waals surface area contributed by atoms with Gasteiger partial charge in [-0.15, -0.1) is 0 Å². The molecule has 0 bridgehead atoms. The van der Waals surface area contributed by atoms with Crippen LogP contribution in [0.3, 0.4) is 0 Å². The van der Waals surface area contributed by atoms with Crippen LogP contribution in [0.5, 0.6) is 0 Å². The Kier molecular flexibility index (Phi) is 6.13. The minimum atomic E-state index is -3.17. The fourth-order valence-electron chi connectivity index (χ4n) is 4.32. The van der Waals surface area contributed by atoms with Gasteiger partial charge in [0.2, 0.25) is 0 Å². The molecule has 2 heterocycles. The molecule has 1 N–H and O–H groups in total. The highest BCUT2D eigenvalue weighted by Crippen LogP contribution is 2.46. The molecule has 176 valence electrons. The summed E-state index contributed by atoms with van der Waals surface area (Å²) in [6, 6.07) is 8.47. The van der Waals surface area contributed by atoms with Crippen molar-refractivity contribution in [2.45, 2.75) is 44.0 Å². The fraction of sp³-hybridized carbons (Fsp3) is 0.435. The molecule has 2 aliphatic rings. The van der Waals surface area contributed by atoms with Crippen molar-refractivity contribution < 1.29 is 18.0 Å². The molecule has 0 unspecified atom stereocenters. The van der Waals surface area contributed by atoms with Crippen LogP contribution in [-0.4, -0.2) is 53.8 Å². The van der Waals surface area contributed by atoms with Crippen molar-refractivity contribution in [3.63, 3.8) is 0 Å². The van der Waals surface area contributed by atoms with Crippen LogP contribution in [0.4, 0.5) is 0 Å². The maximum absolute atomic E-state index is 13.1. The van der Waals surface area contributed by atoms with Crippen molar-refractivity contribution in [1.82, 2.24) is 14.8 Å². The number of benzene rings is 1. The molecule has 1 saturated carbocycles. The van der Waals surface area contributed by atoms with Gasteiger partial charge in [-0.25, -0.2) is 8.42 Å². The highest BCUT2D eigenvalue weighted by Gasteiger charge is 2.51. The number of carbonyl (C=O) groups is 2. The van der Waals surface area contributed by atoms with Crippen molar-refractivity contribution in [2.75, 3.05) is 19.3 Å². The number of aryl methyl sites for hydroxylation is 1. The number of amides is 2. The molecule has 1 aromatic carbocycles. The van der Waals surface area contributed by atoms with Crippen LogP contribution in [0.25, 0.3) is 0 Å². The first-order valence-corrected chi connectivity index (χ1v) is 13.1. The molecule has 1 aliphatic carbocycles. The first kappa shape index (κ1) is 23.5. The van der Waals surface area contributed by atoms with E-state index in [9.17, 15) is 22.8 Å². The largest absolute Gasteiger partial charge is 0.348 e. The van der Waals surface area contributed by atoms with E-state index in [0.717, 1.165) is 5.56 Å². The van der Waals surface area contributed by atoms with E-state index in [1.807, 2.05) is 0 Å². The topological polar surface area (TPSA) is 106 Å². The predicted octanol–water partition coefficient (Wildman–Crippen LogP) is 2.16. The molecule has 0 atom stereocenters. The van der Waals surface area contributed by atoms with Gasteiger partial charge in [-0.05, 0) is 55.5 Å². The minimum absolute atomic E-state index is 0.0135. The normalized spacial score (nSPS) is 16.9. The van der Waals surface area contributed by atoms with Crippen molar-refractivity contribution in [1.29, 1.82) is 0 Å². The van der Waals surface area contributed by atoms with Gasteiger partial charge in [-0.2, -0.15) is 0 Å². The van der Waals surface area contributed by atoms with E-state index in [1.165, 1.54) is 16.9 Å². The lowest BCUT2D eigenvalue weighted by atomic mass is 10.1. The summed E-state index contributed by atoms with van der Waals surface area (Å²) >= 11 is 5.87. The highest BCUT2D eigenvalue weighted by atomic mass is 35.5. The van der Waals surface area contributed by atoms with Gasteiger partial charge in [0.15, 0.2) is 9.84 Å². The van der Waals surface area contributed by atoms with Crippen molar-refractivity contribution in [3.8, 4) is 0 Å². The summed E-state index contributed by atoms with van der Waals surface area (Å²) in [5.74, 6) is -0.819. The number of sulfone groups is 1. The molecular formula is C23H26ClN3O5S. The summed E-state index contributed by atoms with van der Waals surface area (Å²) in [6.45, 7) is 2.81. The molecule has 0 saturated heterocycles. The van der Waals surface area contributed by atoms with Crippen LogP contribution >= 0.6 is 11.6 Å². The number of carbonyl (C=O) groups excluding carboxylic acids is 2. The molecule has 8 nitrogen and oxygen atoms in total. The average Bonchev–Trinajstić information content (AvgIpc) is 3.56. The molecule has 10 heteroatoms. The summed E-state index contributed by atoms with van der Waals surface area (Å²) in [5.41, 5.74) is 1.11. The predicted molar refractivity (Wildman–Crippen MR) is 125 cm³/mol. The van der Waals surface area contributed by atoms with E-state index in [0.29, 0.717) is 42.9 Å². The van der Waals surface area contributed by atoms with Gasteiger partial charge in [-0.1, -0.05) is 23.7 Å². The number of hydrogen-bond acceptors (Lipinski definition) is 5. The van der Waals surface area contributed by atoms with Crippen LogP contribution in [-0.2, 0) is 22.9 Å². The molecule has 1 fully saturated rings. The molecule has 33 heavy (non-hydrogen) atoms. The lowest BCUT2D eigenvalue weighted by Gasteiger charge is -2.31. The standard InChI is InChI=1S/C23H26ClN3O5S/c1-15-13-18(20(28)25-14-16-3-5-17(24)6-4-16)21(29)27-12-11-26(22(30)19(15)27)10-9-23(7-8-23)33(2,31)32/h3-6,13H,7-12,14H2,1-2H3,(H,25,28). The number of aromatic nitrogens is 1. The van der Waals surface area contributed by atoms with Gasteiger partial charge >= 0.3 is 0 Å². The Bertz CT molecular complexity index is 1280. The second-order valence-electron chi connectivity index (χ2n) is 8.85. The Labute approximate surface area is 197 Å². The van der Waals surface area contributed by atoms with Crippen LogP contribution < -0.4 is 10.9 Å². The van der Waals surface area contributed by atoms with Gasteiger partial charge in [-0.3, -0.25) is 14.4 Å². The van der Waals surface area contributed by atoms with Crippen molar-refractivity contribution >= 4 is 33.3 Å². The molecule has 2 amide bonds. The van der Waals surface area contributed by atoms with E-state index in [1.54, 1.807) is 36.1 Å². The Balaban J connectivity index is 1.50. The first-order valence-electron chi connectivity index (χ1n) is 10.8. The average molecular weight is 492 g/mol. The Morgan fingerprint density at radius 3 is 2.42 bits per heavy atom. The van der Waals surface area contributed by atoms with Gasteiger partial charge in [0.25, 0.3) is 17.4 Å². The number of nitrogens with one attached hydrogen (secondary N) is 1. The first-order chi connectivity index (χ1) is 15.5. The van der Waals surface area contributed by atoms with Crippen LogP contribution in [0, 0.1) is 6.92 Å². The highest BCUT2D eigenvalue weighted by molar-refractivity contribution is 7.92. The summed E-state index contributed by atoms with van der Waals surface area (Å²) in [6.07, 6.45) is 2.89. The van der Waals surface area contributed by atoms with Gasteiger partial charge in [0.05, 0.1) is 4.75 Å². The molecule has 4 rings (SSSR count). The Hall–Kier alpha value is -2.65. The summed E-state index contributed by atoms with van der Waals surface area (Å²) in [4.78, 5) is 40.4. The van der Waals surface area contributed by atoms with Gasteiger partial charge < -0.3 is 14.8 Å². The zero-order chi connectivity index (χ0) is 24.0. The maximum Gasteiger partial charge on any atom is 0.270 e. The summed E-state index contributed by atoms with van der Waals surface area (Å²) in [5, 5.41) is 3.33. The number of halogens is 1. The van der Waals surface area contributed by atoms with Gasteiger partial charge in [0, 0.05) is 37.5 Å². The molecule has 1 aromatic heterocycles. The number of hydrogen-bond donors (Lipinski definition) is 1. The summed E-state index contributed by atoms with van der Waals surface area (Å²) in [7, 11) is -3.17. The van der Waals surface area contributed by atoms with Crippen LogP contribution in [0.2, 0.25) is 5.02 Å². The van der Waals surface area contributed by atoms with Gasteiger partial charge in [0.1, 0.15) is 11.3 Å². The van der Waals surface area contributed by atoms with Crippen LogP contribution in [0.1, 0.15) is 51.2 Å². The Morgan fingerprint density at radius 2 is 1.82 bits per heavy atom. The quantitative estimate of drug-likeness (QED) is 0.639. The lowest BCUT2D eigenvalue weighted by molar-refractivity contribution is 0.0694. The lowest BCUT2D eigenvalue weighted by Crippen LogP contribution is -2.47. The van der Waals surface area contributed by atoms with E-state index in [2.05, 4.69) is 5.32 Å². The smallest absolute Gasteiger partial charge is 0.270 e. The SMILES string of the molecule is Cc1cc(C(=O)NCc2ccc(Cl)cc2)c(=O)n2c1C(=O)N(CCC1(S(C)(=O)=O)CC1)CC2. The zero-order valence-electron chi connectivity index (χ0n) is 18.6. The van der Waals surface area contributed by atoms with Crippen LogP contribution in [0.15, 0.2) is 35.1 Å².